The number of fused-ring (bicyclic) bond motifs is 1. The number of nitrogens with zero attached hydrogens (tertiary/aromatic N) is 5. The van der Waals surface area contributed by atoms with Crippen LogP contribution < -0.4 is 11.1 Å². The van der Waals surface area contributed by atoms with Gasteiger partial charge in [0, 0.05) is 16.9 Å². The number of thiazole rings is 1. The molecule has 5 heterocycles. The maximum absolute atomic E-state index is 13.0. The normalized spacial score (nSPS) is 19.4. The molecule has 0 saturated carbocycles. The first-order valence-corrected chi connectivity index (χ1v) is 14.2. The van der Waals surface area contributed by atoms with E-state index in [-0.39, 0.29) is 28.0 Å². The highest BCUT2D eigenvalue weighted by Gasteiger charge is 2.54. The van der Waals surface area contributed by atoms with Crippen molar-refractivity contribution in [3.05, 3.63) is 39.9 Å². The minimum atomic E-state index is -1.23. The molecule has 3 aromatic rings. The molecule has 3 aromatic heterocycles. The second kappa shape index (κ2) is 10.5. The highest BCUT2D eigenvalue weighted by Crippen LogP contribution is 2.41. The molecule has 0 aromatic carbocycles. The number of anilines is 1. The molecule has 1 fully saturated rings. The molecule has 5 rings (SSSR count). The molecule has 2 atom stereocenters. The number of aromatic nitrogens is 3. The van der Waals surface area contributed by atoms with Crippen molar-refractivity contribution in [3.63, 3.8) is 0 Å². The van der Waals surface area contributed by atoms with Crippen LogP contribution in [0.3, 0.4) is 0 Å². The van der Waals surface area contributed by atoms with Crippen LogP contribution in [0.1, 0.15) is 5.69 Å². The number of hydrogen-bond donors (Lipinski definition) is 3. The van der Waals surface area contributed by atoms with Gasteiger partial charge < -0.3 is 25.4 Å². The summed E-state index contributed by atoms with van der Waals surface area (Å²) in [5, 5.41) is 27.6. The summed E-state index contributed by atoms with van der Waals surface area (Å²) in [6.07, 6.45) is 0. The Balaban J connectivity index is 1.28. The summed E-state index contributed by atoms with van der Waals surface area (Å²) in [7, 11) is 1.27. The van der Waals surface area contributed by atoms with E-state index in [2.05, 4.69) is 25.7 Å². The fraction of sp³-hybridized carbons (Fsp3) is 0.250. The van der Waals surface area contributed by atoms with Crippen LogP contribution in [0.25, 0.3) is 10.8 Å². The molecule has 1 saturated heterocycles. The maximum atomic E-state index is 13.0. The molecule has 0 radical (unpaired) electrons. The third-order valence-corrected chi connectivity index (χ3v) is 8.98. The zero-order valence-corrected chi connectivity index (χ0v) is 22.1. The van der Waals surface area contributed by atoms with E-state index in [1.165, 1.54) is 46.9 Å². The van der Waals surface area contributed by atoms with Gasteiger partial charge in [0.1, 0.15) is 29.9 Å². The van der Waals surface area contributed by atoms with E-state index < -0.39 is 29.2 Å². The van der Waals surface area contributed by atoms with Crippen molar-refractivity contribution in [3.8, 4) is 10.8 Å². The van der Waals surface area contributed by atoms with Gasteiger partial charge in [-0.25, -0.2) is 9.78 Å². The number of carboxylic acids is 1. The number of nitrogens with one attached hydrogen (secondary N) is 1. The second-order valence-corrected chi connectivity index (χ2v) is 11.3. The van der Waals surface area contributed by atoms with Crippen LogP contribution in [0.15, 0.2) is 49.0 Å². The Morgan fingerprint density at radius 1 is 1.41 bits per heavy atom. The third kappa shape index (κ3) is 4.94. The zero-order chi connectivity index (χ0) is 26.1. The van der Waals surface area contributed by atoms with Crippen LogP contribution in [0.2, 0.25) is 0 Å². The summed E-state index contributed by atoms with van der Waals surface area (Å²) in [6, 6.07) is 2.79. The van der Waals surface area contributed by atoms with E-state index in [0.29, 0.717) is 22.4 Å². The number of thiophene rings is 1. The number of carbonyl (C=O) groups is 3. The van der Waals surface area contributed by atoms with Gasteiger partial charge >= 0.3 is 5.97 Å². The predicted octanol–water partition coefficient (Wildman–Crippen LogP) is 1.72. The van der Waals surface area contributed by atoms with Crippen molar-refractivity contribution in [2.75, 3.05) is 24.3 Å². The van der Waals surface area contributed by atoms with Crippen LogP contribution in [-0.4, -0.2) is 78.7 Å². The van der Waals surface area contributed by atoms with Gasteiger partial charge in [0.2, 0.25) is 0 Å². The van der Waals surface area contributed by atoms with E-state index >= 15 is 0 Å². The van der Waals surface area contributed by atoms with E-state index in [0.717, 1.165) is 16.2 Å². The second-order valence-electron chi connectivity index (χ2n) is 7.45. The molecule has 2 aliphatic heterocycles. The Bertz CT molecular complexity index is 1420. The van der Waals surface area contributed by atoms with Crippen molar-refractivity contribution in [2.45, 2.75) is 16.6 Å². The van der Waals surface area contributed by atoms with Gasteiger partial charge in [0.05, 0.1) is 4.88 Å². The number of amides is 2. The van der Waals surface area contributed by atoms with Gasteiger partial charge in [0.25, 0.3) is 22.9 Å². The average molecular weight is 580 g/mol. The summed E-state index contributed by atoms with van der Waals surface area (Å²) in [5.41, 5.74) is 6.13. The number of oxime groups is 1. The minimum absolute atomic E-state index is 0.109. The Kier molecular flexibility index (Phi) is 7.18. The summed E-state index contributed by atoms with van der Waals surface area (Å²) in [6.45, 7) is 0. The van der Waals surface area contributed by atoms with E-state index in [1.54, 1.807) is 5.38 Å². The number of β-lactam (4-membered cyclic amide) rings is 1. The van der Waals surface area contributed by atoms with Crippen LogP contribution in [0, 0.1) is 0 Å². The standard InChI is InChI=1S/C20H17N7O6S4/c1-32-26-11(9-7-36-19(21)22-9)14(28)23-12-16(29)27-13(18(30)31)8(5-35-17(12)27)6-37-20-25-24-15(33-20)10-3-2-4-34-10/h2-4,7,12,17H,5-6H2,1H3,(H2,21,22)(H,23,28)(H,30,31)/t12-,17+/m1/s1. The topological polar surface area (TPSA) is 186 Å². The first-order valence-electron chi connectivity index (χ1n) is 10.4. The van der Waals surface area contributed by atoms with Gasteiger partial charge in [-0.15, -0.1) is 44.6 Å². The maximum Gasteiger partial charge on any atom is 0.352 e. The lowest BCUT2D eigenvalue weighted by Crippen LogP contribution is -2.71. The number of hydrogen-bond acceptors (Lipinski definition) is 14. The quantitative estimate of drug-likeness (QED) is 0.144. The molecule has 0 aliphatic carbocycles. The number of rotatable bonds is 9. The predicted molar refractivity (Wildman–Crippen MR) is 138 cm³/mol. The highest BCUT2D eigenvalue weighted by atomic mass is 32.2. The first-order chi connectivity index (χ1) is 17.9. The van der Waals surface area contributed by atoms with Gasteiger partial charge in [-0.3, -0.25) is 14.5 Å². The fourth-order valence-electron chi connectivity index (χ4n) is 3.61. The van der Waals surface area contributed by atoms with E-state index in [4.69, 9.17) is 15.0 Å². The molecule has 4 N–H and O–H groups in total. The largest absolute Gasteiger partial charge is 0.477 e. The zero-order valence-electron chi connectivity index (χ0n) is 18.8. The molecule has 2 aliphatic rings. The van der Waals surface area contributed by atoms with Crippen molar-refractivity contribution in [1.82, 2.24) is 25.4 Å². The SMILES string of the molecule is CON=C(C(=O)N[C@@H]1C(=O)N2C(C(=O)O)=C(CSc3nnc(-c4cccs4)o3)CS[C@@H]12)c1csc(N)n1. The van der Waals surface area contributed by atoms with E-state index in [9.17, 15) is 19.5 Å². The molecule has 0 spiro atoms. The van der Waals surface area contributed by atoms with Gasteiger partial charge in [-0.1, -0.05) is 23.0 Å². The number of aliphatic carboxylic acids is 1. The molecule has 2 amide bonds. The van der Waals surface area contributed by atoms with Crippen LogP contribution >= 0.6 is 46.2 Å². The average Bonchev–Trinajstić information content (AvgIpc) is 3.65. The smallest absolute Gasteiger partial charge is 0.352 e. The van der Waals surface area contributed by atoms with Crippen molar-refractivity contribution < 1.29 is 28.7 Å². The van der Waals surface area contributed by atoms with Crippen LogP contribution in [0.4, 0.5) is 5.13 Å². The number of nitrogens with two attached hydrogens (primary N) is 1. The molecular formula is C20H17N7O6S4. The van der Waals surface area contributed by atoms with Gasteiger partial charge in [-0.05, 0) is 17.0 Å². The van der Waals surface area contributed by atoms with Crippen LogP contribution in [-0.2, 0) is 19.2 Å². The number of nitrogen functional groups attached to an aromatic ring is 1. The Morgan fingerprint density at radius 3 is 2.92 bits per heavy atom. The molecule has 0 unspecified atom stereocenters. The fourth-order valence-corrected chi connectivity index (χ4v) is 7.05. The number of thioether (sulfide) groups is 2. The number of carboxylic acid groups (broad SMARTS) is 1. The first kappa shape index (κ1) is 25.2. The minimum Gasteiger partial charge on any atom is -0.477 e. The summed E-state index contributed by atoms with van der Waals surface area (Å²) >= 11 is 5.12. The third-order valence-electron chi connectivity index (χ3n) is 5.21. The molecule has 37 heavy (non-hydrogen) atoms. The van der Waals surface area contributed by atoms with Crippen LogP contribution in [0.5, 0.6) is 0 Å². The summed E-state index contributed by atoms with van der Waals surface area (Å²) < 4.78 is 5.65. The highest BCUT2D eigenvalue weighted by molar-refractivity contribution is 8.01. The molecule has 13 nitrogen and oxygen atoms in total. The van der Waals surface area contributed by atoms with Gasteiger partial charge in [-0.2, -0.15) is 0 Å². The van der Waals surface area contributed by atoms with Crippen molar-refractivity contribution >= 4 is 74.8 Å². The Morgan fingerprint density at radius 2 is 2.24 bits per heavy atom. The monoisotopic (exact) mass is 579 g/mol. The lowest BCUT2D eigenvalue weighted by Gasteiger charge is -2.49. The molecule has 17 heteroatoms. The Labute approximate surface area is 225 Å². The molecule has 192 valence electrons. The van der Waals surface area contributed by atoms with E-state index in [1.807, 2.05) is 17.5 Å². The number of carbonyl (C=O) groups excluding carboxylic acids is 2. The molecular weight excluding hydrogens is 563 g/mol. The Hall–Kier alpha value is -3.41. The summed E-state index contributed by atoms with van der Waals surface area (Å²) in [5.74, 6) is -1.50. The lowest BCUT2D eigenvalue weighted by atomic mass is 10.0. The van der Waals surface area contributed by atoms with Crippen molar-refractivity contribution in [1.29, 1.82) is 0 Å². The molecule has 0 bridgehead atoms. The summed E-state index contributed by atoms with van der Waals surface area (Å²) in [4.78, 5) is 48.7. The van der Waals surface area contributed by atoms with Gasteiger partial charge in [0.15, 0.2) is 10.8 Å². The van der Waals surface area contributed by atoms with Crippen molar-refractivity contribution in [2.24, 2.45) is 5.16 Å². The lowest BCUT2D eigenvalue weighted by molar-refractivity contribution is -0.150.